The van der Waals surface area contributed by atoms with Crippen LogP contribution in [0.25, 0.3) is 10.2 Å². The number of piperidine rings is 1. The molecule has 0 aliphatic carbocycles. The van der Waals surface area contributed by atoms with Crippen molar-refractivity contribution < 1.29 is 9.72 Å². The van der Waals surface area contributed by atoms with Gasteiger partial charge in [-0.05, 0) is 37.5 Å². The minimum Gasteiger partial charge on any atom is -0.371 e. The number of nitrogens with one attached hydrogen (secondary N) is 1. The van der Waals surface area contributed by atoms with Crippen LogP contribution in [0, 0.1) is 10.1 Å². The molecule has 27 heavy (non-hydrogen) atoms. The van der Waals surface area contributed by atoms with Crippen molar-refractivity contribution in [2.75, 3.05) is 23.3 Å². The lowest BCUT2D eigenvalue weighted by Gasteiger charge is -2.30. The Labute approximate surface area is 159 Å². The highest BCUT2D eigenvalue weighted by atomic mass is 32.1. The average molecular weight is 382 g/mol. The molecule has 138 valence electrons. The molecule has 0 radical (unpaired) electrons. The maximum absolute atomic E-state index is 12.9. The second-order valence-corrected chi connectivity index (χ2v) is 7.48. The van der Waals surface area contributed by atoms with Crippen LogP contribution in [0.15, 0.2) is 42.5 Å². The first kappa shape index (κ1) is 17.4. The number of thiazole rings is 1. The van der Waals surface area contributed by atoms with Crippen LogP contribution >= 0.6 is 11.3 Å². The van der Waals surface area contributed by atoms with E-state index in [0.717, 1.165) is 48.3 Å². The summed E-state index contributed by atoms with van der Waals surface area (Å²) in [4.78, 5) is 30.2. The Kier molecular flexibility index (Phi) is 4.72. The van der Waals surface area contributed by atoms with Crippen LogP contribution in [-0.2, 0) is 0 Å². The Morgan fingerprint density at radius 1 is 1.15 bits per heavy atom. The van der Waals surface area contributed by atoms with Gasteiger partial charge in [-0.2, -0.15) is 0 Å². The smallest absolute Gasteiger partial charge is 0.270 e. The number of non-ortho nitro benzene ring substituents is 1. The Balaban J connectivity index is 1.67. The van der Waals surface area contributed by atoms with Crippen LogP contribution in [-0.4, -0.2) is 28.9 Å². The summed E-state index contributed by atoms with van der Waals surface area (Å²) in [5.41, 5.74) is 1.77. The van der Waals surface area contributed by atoms with Crippen LogP contribution in [0.4, 0.5) is 16.5 Å². The van der Waals surface area contributed by atoms with Crippen molar-refractivity contribution in [1.82, 2.24) is 4.98 Å². The minimum atomic E-state index is -0.478. The molecule has 1 aliphatic rings. The number of nitrogens with zero attached hydrogens (tertiary/aromatic N) is 3. The van der Waals surface area contributed by atoms with Crippen LogP contribution in [0.2, 0.25) is 0 Å². The van der Waals surface area contributed by atoms with Gasteiger partial charge in [0.2, 0.25) is 0 Å². The molecule has 0 bridgehead atoms. The van der Waals surface area contributed by atoms with Crippen molar-refractivity contribution in [3.63, 3.8) is 0 Å². The van der Waals surface area contributed by atoms with Gasteiger partial charge in [0.05, 0.1) is 26.4 Å². The maximum atomic E-state index is 12.9. The Morgan fingerprint density at radius 2 is 1.93 bits per heavy atom. The lowest BCUT2D eigenvalue weighted by molar-refractivity contribution is -0.384. The highest BCUT2D eigenvalue weighted by molar-refractivity contribution is 7.22. The number of aromatic nitrogens is 1. The zero-order valence-corrected chi connectivity index (χ0v) is 15.4. The van der Waals surface area contributed by atoms with Gasteiger partial charge in [-0.15, -0.1) is 0 Å². The zero-order valence-electron chi connectivity index (χ0n) is 14.6. The van der Waals surface area contributed by atoms with Gasteiger partial charge in [0, 0.05) is 25.2 Å². The first-order valence-electron chi connectivity index (χ1n) is 8.82. The molecule has 0 atom stereocenters. The van der Waals surface area contributed by atoms with E-state index in [0.29, 0.717) is 10.7 Å². The van der Waals surface area contributed by atoms with Crippen LogP contribution < -0.4 is 10.2 Å². The molecule has 1 amide bonds. The fourth-order valence-corrected chi connectivity index (χ4v) is 4.18. The Bertz CT molecular complexity index is 978. The third-order valence-electron chi connectivity index (χ3n) is 4.65. The number of rotatable bonds is 4. The third kappa shape index (κ3) is 3.61. The van der Waals surface area contributed by atoms with Gasteiger partial charge < -0.3 is 4.90 Å². The van der Waals surface area contributed by atoms with Crippen molar-refractivity contribution in [1.29, 1.82) is 0 Å². The van der Waals surface area contributed by atoms with Crippen molar-refractivity contribution in [3.8, 4) is 0 Å². The summed E-state index contributed by atoms with van der Waals surface area (Å²) in [5.74, 6) is -0.377. The van der Waals surface area contributed by atoms with Crippen molar-refractivity contribution in [3.05, 3.63) is 58.1 Å². The first-order valence-corrected chi connectivity index (χ1v) is 9.64. The molecule has 1 saturated heterocycles. The number of hydrogen-bond donors (Lipinski definition) is 1. The van der Waals surface area contributed by atoms with Gasteiger partial charge in [-0.1, -0.05) is 23.5 Å². The molecule has 1 N–H and O–H groups in total. The fourth-order valence-electron chi connectivity index (χ4n) is 3.32. The molecule has 0 unspecified atom stereocenters. The number of nitro groups is 1. The number of fused-ring (bicyclic) bond motifs is 1. The number of amides is 1. The Morgan fingerprint density at radius 3 is 2.67 bits per heavy atom. The molecule has 1 aromatic heterocycles. The number of anilines is 2. The molecule has 3 aromatic rings. The van der Waals surface area contributed by atoms with Crippen molar-refractivity contribution in [2.45, 2.75) is 19.3 Å². The number of carbonyl (C=O) groups is 1. The highest BCUT2D eigenvalue weighted by Gasteiger charge is 2.22. The van der Waals surface area contributed by atoms with Crippen molar-refractivity contribution >= 4 is 44.0 Å². The van der Waals surface area contributed by atoms with Gasteiger partial charge in [0.1, 0.15) is 0 Å². The SMILES string of the molecule is O=C(Nc1nc2ccccc2s1)c1cc([N+](=O)[O-])ccc1N1CCCCC1. The minimum absolute atomic E-state index is 0.0924. The van der Waals surface area contributed by atoms with E-state index in [1.165, 1.54) is 23.5 Å². The zero-order chi connectivity index (χ0) is 18.8. The molecule has 7 nitrogen and oxygen atoms in total. The van der Waals surface area contributed by atoms with Crippen molar-refractivity contribution in [2.24, 2.45) is 0 Å². The normalized spacial score (nSPS) is 14.3. The first-order chi connectivity index (χ1) is 13.1. The van der Waals surface area contributed by atoms with E-state index in [9.17, 15) is 14.9 Å². The van der Waals surface area contributed by atoms with Gasteiger partial charge in [0.25, 0.3) is 11.6 Å². The molecule has 0 spiro atoms. The number of hydrogen-bond acceptors (Lipinski definition) is 6. The van der Waals surface area contributed by atoms with E-state index in [2.05, 4.69) is 15.2 Å². The predicted molar refractivity (Wildman–Crippen MR) is 107 cm³/mol. The summed E-state index contributed by atoms with van der Waals surface area (Å²) in [7, 11) is 0. The molecule has 4 rings (SSSR count). The molecule has 1 aliphatic heterocycles. The monoisotopic (exact) mass is 382 g/mol. The largest absolute Gasteiger partial charge is 0.371 e. The van der Waals surface area contributed by atoms with E-state index < -0.39 is 4.92 Å². The standard InChI is InChI=1S/C19H18N4O3S/c24-18(21-19-20-15-6-2-3-7-17(15)27-19)14-12-13(23(25)26)8-9-16(14)22-10-4-1-5-11-22/h2-3,6-9,12H,1,4-5,10-11H2,(H,20,21,24). The molecule has 0 saturated carbocycles. The van der Waals surface area contributed by atoms with Crippen LogP contribution in [0.3, 0.4) is 0 Å². The summed E-state index contributed by atoms with van der Waals surface area (Å²) in [6.07, 6.45) is 3.27. The number of carbonyl (C=O) groups excluding carboxylic acids is 1. The highest BCUT2D eigenvalue weighted by Crippen LogP contribution is 2.30. The topological polar surface area (TPSA) is 88.4 Å². The maximum Gasteiger partial charge on any atom is 0.270 e. The molecule has 2 heterocycles. The molecule has 1 fully saturated rings. The quantitative estimate of drug-likeness (QED) is 0.532. The summed E-state index contributed by atoms with van der Waals surface area (Å²) in [6.45, 7) is 1.69. The van der Waals surface area contributed by atoms with E-state index in [1.54, 1.807) is 6.07 Å². The molecule has 8 heteroatoms. The summed E-state index contributed by atoms with van der Waals surface area (Å²) in [6, 6.07) is 12.1. The predicted octanol–water partition coefficient (Wildman–Crippen LogP) is 4.45. The number of para-hydroxylation sites is 1. The Hall–Kier alpha value is -3.00. The van der Waals surface area contributed by atoms with E-state index in [-0.39, 0.29) is 11.6 Å². The van der Waals surface area contributed by atoms with E-state index >= 15 is 0 Å². The molecular formula is C19H18N4O3S. The van der Waals surface area contributed by atoms with E-state index in [4.69, 9.17) is 0 Å². The van der Waals surface area contributed by atoms with Gasteiger partial charge in [0.15, 0.2) is 5.13 Å². The molecular weight excluding hydrogens is 364 g/mol. The number of benzene rings is 2. The lowest BCUT2D eigenvalue weighted by atomic mass is 10.1. The van der Waals surface area contributed by atoms with Gasteiger partial charge in [-0.25, -0.2) is 4.98 Å². The number of nitro benzene ring substituents is 1. The van der Waals surface area contributed by atoms with Crippen LogP contribution in [0.1, 0.15) is 29.6 Å². The second kappa shape index (κ2) is 7.32. The van der Waals surface area contributed by atoms with E-state index in [1.807, 2.05) is 24.3 Å². The summed E-state index contributed by atoms with van der Waals surface area (Å²) in [5, 5.41) is 14.5. The lowest BCUT2D eigenvalue weighted by Crippen LogP contribution is -2.31. The summed E-state index contributed by atoms with van der Waals surface area (Å²) < 4.78 is 0.975. The average Bonchev–Trinajstić information content (AvgIpc) is 3.10. The third-order valence-corrected chi connectivity index (χ3v) is 5.60. The van der Waals surface area contributed by atoms with Gasteiger partial charge in [-0.3, -0.25) is 20.2 Å². The second-order valence-electron chi connectivity index (χ2n) is 6.45. The summed E-state index contributed by atoms with van der Waals surface area (Å²) >= 11 is 1.38. The van der Waals surface area contributed by atoms with Crippen LogP contribution in [0.5, 0.6) is 0 Å². The molecule has 2 aromatic carbocycles. The van der Waals surface area contributed by atoms with Gasteiger partial charge >= 0.3 is 0 Å². The fraction of sp³-hybridized carbons (Fsp3) is 0.263.